The Balaban J connectivity index is 1.67. The number of nitrogens with zero attached hydrogens (tertiary/aromatic N) is 4. The van der Waals surface area contributed by atoms with Crippen molar-refractivity contribution in [3.63, 3.8) is 0 Å². The average Bonchev–Trinajstić information content (AvgIpc) is 3.18. The molecule has 1 saturated heterocycles. The van der Waals surface area contributed by atoms with Gasteiger partial charge in [0.2, 0.25) is 5.89 Å². The summed E-state index contributed by atoms with van der Waals surface area (Å²) in [5, 5.41) is 0. The van der Waals surface area contributed by atoms with Crippen molar-refractivity contribution in [2.75, 3.05) is 23.7 Å². The number of pyridine rings is 2. The first-order valence-electron chi connectivity index (χ1n) is 9.61. The van der Waals surface area contributed by atoms with Gasteiger partial charge in [-0.1, -0.05) is 12.1 Å². The molecule has 0 unspecified atom stereocenters. The molecule has 0 atom stereocenters. The lowest BCUT2D eigenvalue weighted by Crippen LogP contribution is -2.30. The summed E-state index contributed by atoms with van der Waals surface area (Å²) in [4.78, 5) is 16.0. The summed E-state index contributed by atoms with van der Waals surface area (Å²) in [5.74, 6) is 2.01. The second-order valence-electron chi connectivity index (χ2n) is 7.10. The highest BCUT2D eigenvalue weighted by Gasteiger charge is 2.21. The Morgan fingerprint density at radius 2 is 1.79 bits per heavy atom. The van der Waals surface area contributed by atoms with Crippen molar-refractivity contribution in [3.05, 3.63) is 54.9 Å². The fourth-order valence-electron chi connectivity index (χ4n) is 3.75. The van der Waals surface area contributed by atoms with Gasteiger partial charge in [-0.2, -0.15) is 0 Å². The average molecular weight is 371 g/mol. The van der Waals surface area contributed by atoms with Gasteiger partial charge in [-0.15, -0.1) is 0 Å². The summed E-state index contributed by atoms with van der Waals surface area (Å²) in [6.45, 7) is 2.00. The second kappa shape index (κ2) is 6.96. The lowest BCUT2D eigenvalue weighted by molar-refractivity contribution is 0.571. The van der Waals surface area contributed by atoms with E-state index in [9.17, 15) is 0 Å². The van der Waals surface area contributed by atoms with Crippen molar-refractivity contribution in [2.45, 2.75) is 19.3 Å². The van der Waals surface area contributed by atoms with Crippen LogP contribution in [0, 0.1) is 0 Å². The monoisotopic (exact) mass is 371 g/mol. The van der Waals surface area contributed by atoms with E-state index in [0.29, 0.717) is 11.7 Å². The molecule has 0 aliphatic carbocycles. The summed E-state index contributed by atoms with van der Waals surface area (Å²) >= 11 is 0. The van der Waals surface area contributed by atoms with Crippen molar-refractivity contribution < 1.29 is 4.42 Å². The highest BCUT2D eigenvalue weighted by Crippen LogP contribution is 2.35. The van der Waals surface area contributed by atoms with Gasteiger partial charge in [-0.25, -0.2) is 15.0 Å². The minimum atomic E-state index is 0.487. The van der Waals surface area contributed by atoms with Crippen LogP contribution in [0.3, 0.4) is 0 Å². The zero-order valence-electron chi connectivity index (χ0n) is 15.5. The molecule has 4 heterocycles. The van der Waals surface area contributed by atoms with Gasteiger partial charge in [-0.05, 0) is 55.2 Å². The third kappa shape index (κ3) is 3.07. The van der Waals surface area contributed by atoms with Crippen LogP contribution in [-0.2, 0) is 0 Å². The Hall–Kier alpha value is -3.41. The maximum Gasteiger partial charge on any atom is 0.231 e. The molecule has 0 saturated carbocycles. The van der Waals surface area contributed by atoms with E-state index in [2.05, 4.69) is 16.0 Å². The fourth-order valence-corrected chi connectivity index (χ4v) is 3.75. The van der Waals surface area contributed by atoms with E-state index in [4.69, 9.17) is 20.1 Å². The van der Waals surface area contributed by atoms with E-state index in [1.165, 1.54) is 19.3 Å². The molecule has 5 rings (SSSR count). The van der Waals surface area contributed by atoms with Gasteiger partial charge in [0.15, 0.2) is 5.58 Å². The summed E-state index contributed by atoms with van der Waals surface area (Å²) in [7, 11) is 0. The Kier molecular flexibility index (Phi) is 4.16. The molecule has 0 bridgehead atoms. The smallest absolute Gasteiger partial charge is 0.231 e. The predicted octanol–water partition coefficient (Wildman–Crippen LogP) is 4.52. The standard InChI is InChI=1S/C22H21N5O/c23-20-13-15(8-9-24-20)16-12-17(21(25-14-16)27-10-4-1-5-11-27)22-26-18-6-2-3-7-19(18)28-22/h2-3,6-9,12-14H,1,4-5,10-11H2,(H2,23,24). The molecule has 1 fully saturated rings. The number of oxazole rings is 1. The Labute approximate surface area is 163 Å². The lowest BCUT2D eigenvalue weighted by atomic mass is 10.0. The van der Waals surface area contributed by atoms with Crippen LogP contribution in [0.1, 0.15) is 19.3 Å². The molecule has 2 N–H and O–H groups in total. The van der Waals surface area contributed by atoms with Crippen LogP contribution in [0.25, 0.3) is 33.7 Å². The second-order valence-corrected chi connectivity index (χ2v) is 7.10. The number of aromatic nitrogens is 3. The van der Waals surface area contributed by atoms with Crippen LogP contribution in [0.15, 0.2) is 59.3 Å². The SMILES string of the molecule is Nc1cc(-c2cnc(N3CCCCC3)c(-c3nc4ccccc4o3)c2)ccn1. The number of anilines is 2. The maximum absolute atomic E-state index is 6.09. The van der Waals surface area contributed by atoms with E-state index < -0.39 is 0 Å². The van der Waals surface area contributed by atoms with E-state index in [1.807, 2.05) is 42.6 Å². The van der Waals surface area contributed by atoms with Gasteiger partial charge in [0.25, 0.3) is 0 Å². The van der Waals surface area contributed by atoms with Crippen LogP contribution in [0.5, 0.6) is 0 Å². The number of fused-ring (bicyclic) bond motifs is 1. The quantitative estimate of drug-likeness (QED) is 0.570. The van der Waals surface area contributed by atoms with Crippen molar-refractivity contribution >= 4 is 22.7 Å². The van der Waals surface area contributed by atoms with Crippen LogP contribution in [0.2, 0.25) is 0 Å². The van der Waals surface area contributed by atoms with Crippen molar-refractivity contribution in [3.8, 4) is 22.6 Å². The maximum atomic E-state index is 6.09. The van der Waals surface area contributed by atoms with Gasteiger partial charge in [0.05, 0.1) is 5.56 Å². The topological polar surface area (TPSA) is 81.1 Å². The molecule has 1 aliphatic heterocycles. The van der Waals surface area contributed by atoms with E-state index in [-0.39, 0.29) is 0 Å². The molecule has 1 aromatic carbocycles. The molecular formula is C22H21N5O. The van der Waals surface area contributed by atoms with Gasteiger partial charge < -0.3 is 15.1 Å². The molecule has 6 nitrogen and oxygen atoms in total. The van der Waals surface area contributed by atoms with E-state index in [1.54, 1.807) is 6.20 Å². The summed E-state index contributed by atoms with van der Waals surface area (Å²) < 4.78 is 6.09. The van der Waals surface area contributed by atoms with Crippen LogP contribution >= 0.6 is 0 Å². The first-order valence-corrected chi connectivity index (χ1v) is 9.61. The zero-order chi connectivity index (χ0) is 18.9. The molecule has 3 aromatic heterocycles. The summed E-state index contributed by atoms with van der Waals surface area (Å²) in [5.41, 5.74) is 10.3. The number of para-hydroxylation sites is 2. The molecule has 0 spiro atoms. The fraction of sp³-hybridized carbons (Fsp3) is 0.227. The number of hydrogen-bond donors (Lipinski definition) is 1. The van der Waals surface area contributed by atoms with Gasteiger partial charge >= 0.3 is 0 Å². The summed E-state index contributed by atoms with van der Waals surface area (Å²) in [6.07, 6.45) is 7.23. The van der Waals surface area contributed by atoms with Gasteiger partial charge in [0.1, 0.15) is 17.2 Å². The largest absolute Gasteiger partial charge is 0.436 e. The van der Waals surface area contributed by atoms with E-state index >= 15 is 0 Å². The highest BCUT2D eigenvalue weighted by molar-refractivity contribution is 5.82. The Bertz CT molecular complexity index is 1100. The Morgan fingerprint density at radius 1 is 0.929 bits per heavy atom. The first kappa shape index (κ1) is 16.7. The van der Waals surface area contributed by atoms with Crippen LogP contribution in [0.4, 0.5) is 11.6 Å². The number of rotatable bonds is 3. The third-order valence-electron chi connectivity index (χ3n) is 5.16. The molecular weight excluding hydrogens is 350 g/mol. The minimum Gasteiger partial charge on any atom is -0.436 e. The molecule has 6 heteroatoms. The molecule has 0 amide bonds. The number of piperidine rings is 1. The van der Waals surface area contributed by atoms with Crippen molar-refractivity contribution in [1.82, 2.24) is 15.0 Å². The number of benzene rings is 1. The van der Waals surface area contributed by atoms with Gasteiger partial charge in [0, 0.05) is 31.0 Å². The first-order chi connectivity index (χ1) is 13.8. The van der Waals surface area contributed by atoms with E-state index in [0.717, 1.165) is 46.7 Å². The zero-order valence-corrected chi connectivity index (χ0v) is 15.5. The van der Waals surface area contributed by atoms with Crippen LogP contribution < -0.4 is 10.6 Å². The third-order valence-corrected chi connectivity index (χ3v) is 5.16. The lowest BCUT2D eigenvalue weighted by Gasteiger charge is -2.29. The van der Waals surface area contributed by atoms with Crippen molar-refractivity contribution in [1.29, 1.82) is 0 Å². The van der Waals surface area contributed by atoms with Crippen LogP contribution in [-0.4, -0.2) is 28.0 Å². The van der Waals surface area contributed by atoms with Crippen molar-refractivity contribution in [2.24, 2.45) is 0 Å². The normalized spacial score (nSPS) is 14.5. The summed E-state index contributed by atoms with van der Waals surface area (Å²) in [6, 6.07) is 13.7. The molecule has 28 heavy (non-hydrogen) atoms. The number of nitrogens with two attached hydrogens (primary N) is 1. The molecule has 1 aliphatic rings. The molecule has 4 aromatic rings. The number of nitrogen functional groups attached to an aromatic ring is 1. The number of hydrogen-bond acceptors (Lipinski definition) is 6. The Morgan fingerprint density at radius 3 is 2.61 bits per heavy atom. The molecule has 0 radical (unpaired) electrons. The minimum absolute atomic E-state index is 0.487. The highest BCUT2D eigenvalue weighted by atomic mass is 16.3. The molecule has 140 valence electrons. The van der Waals surface area contributed by atoms with Gasteiger partial charge in [-0.3, -0.25) is 0 Å². The predicted molar refractivity (Wildman–Crippen MR) is 111 cm³/mol.